The minimum atomic E-state index is -4.73. The van der Waals surface area contributed by atoms with E-state index in [1.165, 1.54) is 26.0 Å². The van der Waals surface area contributed by atoms with Crippen LogP contribution in [0.2, 0.25) is 0 Å². The van der Waals surface area contributed by atoms with E-state index >= 15 is 0 Å². The van der Waals surface area contributed by atoms with Crippen LogP contribution in [0.4, 0.5) is 18.9 Å². The van der Waals surface area contributed by atoms with Gasteiger partial charge in [0.1, 0.15) is 5.56 Å². The summed E-state index contributed by atoms with van der Waals surface area (Å²) in [6.07, 6.45) is -4.73. The number of rotatable bonds is 2. The summed E-state index contributed by atoms with van der Waals surface area (Å²) < 4.78 is 38.1. The molecular weight excluding hydrogens is 223 g/mol. The van der Waals surface area contributed by atoms with Crippen molar-refractivity contribution in [2.75, 3.05) is 0 Å². The van der Waals surface area contributed by atoms with E-state index in [-0.39, 0.29) is 5.56 Å². The molecule has 0 atom stereocenters. The lowest BCUT2D eigenvalue weighted by Crippen LogP contribution is -2.13. The Labute approximate surface area is 90.0 Å². The van der Waals surface area contributed by atoms with Gasteiger partial charge in [0, 0.05) is 6.07 Å². The number of nitro benzene ring substituents is 1. The zero-order valence-electron chi connectivity index (χ0n) is 8.63. The minimum Gasteiger partial charge on any atom is -0.258 e. The summed E-state index contributed by atoms with van der Waals surface area (Å²) in [6, 6.07) is 3.33. The van der Waals surface area contributed by atoms with Gasteiger partial charge < -0.3 is 0 Å². The van der Waals surface area contributed by atoms with Crippen LogP contribution in [-0.2, 0) is 6.18 Å². The van der Waals surface area contributed by atoms with Crippen LogP contribution in [0.3, 0.4) is 0 Å². The van der Waals surface area contributed by atoms with E-state index in [4.69, 9.17) is 0 Å². The van der Waals surface area contributed by atoms with Gasteiger partial charge in [0.15, 0.2) is 0 Å². The van der Waals surface area contributed by atoms with Crippen molar-refractivity contribution in [3.05, 3.63) is 45.4 Å². The second-order valence-electron chi connectivity index (χ2n) is 3.45. The topological polar surface area (TPSA) is 43.1 Å². The third kappa shape index (κ3) is 2.32. The van der Waals surface area contributed by atoms with E-state index < -0.39 is 22.4 Å². The number of hydrogen-bond donors (Lipinski definition) is 0. The van der Waals surface area contributed by atoms with Crippen LogP contribution in [0.25, 0.3) is 0 Å². The first-order chi connectivity index (χ1) is 7.25. The van der Waals surface area contributed by atoms with Crippen molar-refractivity contribution in [3.8, 4) is 0 Å². The standard InChI is InChI=1S/C10H9F3NO2/c1-6(2)7-4-3-5-8(14(15)16)9(7)10(11,12)13/h3-5H,1-2H3. The predicted molar refractivity (Wildman–Crippen MR) is 51.8 cm³/mol. The predicted octanol–water partition coefficient (Wildman–Crippen LogP) is 3.58. The molecule has 87 valence electrons. The number of hydrogen-bond acceptors (Lipinski definition) is 2. The Morgan fingerprint density at radius 3 is 2.25 bits per heavy atom. The second-order valence-corrected chi connectivity index (χ2v) is 3.45. The van der Waals surface area contributed by atoms with E-state index in [2.05, 4.69) is 0 Å². The molecule has 0 aliphatic carbocycles. The molecule has 0 spiro atoms. The number of halogens is 3. The van der Waals surface area contributed by atoms with Crippen LogP contribution in [0, 0.1) is 16.0 Å². The Morgan fingerprint density at radius 1 is 1.31 bits per heavy atom. The molecule has 1 aromatic rings. The Balaban J connectivity index is 3.54. The van der Waals surface area contributed by atoms with Crippen LogP contribution >= 0.6 is 0 Å². The normalized spacial score (nSPS) is 11.9. The van der Waals surface area contributed by atoms with E-state index in [1.54, 1.807) is 0 Å². The first kappa shape index (κ1) is 12.5. The molecule has 0 bridgehead atoms. The lowest BCUT2D eigenvalue weighted by Gasteiger charge is -2.14. The fourth-order valence-electron chi connectivity index (χ4n) is 1.41. The van der Waals surface area contributed by atoms with Gasteiger partial charge in [0.2, 0.25) is 0 Å². The van der Waals surface area contributed by atoms with Gasteiger partial charge in [-0.3, -0.25) is 10.1 Å². The zero-order chi connectivity index (χ0) is 12.5. The summed E-state index contributed by atoms with van der Waals surface area (Å²) in [4.78, 5) is 9.52. The largest absolute Gasteiger partial charge is 0.423 e. The fourth-order valence-corrected chi connectivity index (χ4v) is 1.41. The molecule has 0 saturated carbocycles. The van der Waals surface area contributed by atoms with Gasteiger partial charge in [0.25, 0.3) is 5.69 Å². The molecule has 1 aromatic carbocycles. The summed E-state index contributed by atoms with van der Waals surface area (Å²) in [6.45, 7) is 2.96. The van der Waals surface area contributed by atoms with Gasteiger partial charge in [-0.25, -0.2) is 0 Å². The summed E-state index contributed by atoms with van der Waals surface area (Å²) in [7, 11) is 0. The average Bonchev–Trinajstić information content (AvgIpc) is 2.15. The number of benzene rings is 1. The van der Waals surface area contributed by atoms with Crippen molar-refractivity contribution in [1.29, 1.82) is 0 Å². The third-order valence-electron chi connectivity index (χ3n) is 2.06. The van der Waals surface area contributed by atoms with Crippen molar-refractivity contribution in [2.45, 2.75) is 20.0 Å². The molecule has 6 heteroatoms. The summed E-state index contributed by atoms with van der Waals surface area (Å²) in [5, 5.41) is 10.5. The van der Waals surface area contributed by atoms with Gasteiger partial charge in [-0.15, -0.1) is 0 Å². The van der Waals surface area contributed by atoms with Crippen LogP contribution in [0.15, 0.2) is 18.2 Å². The molecule has 0 unspecified atom stereocenters. The molecule has 0 heterocycles. The van der Waals surface area contributed by atoms with Crippen molar-refractivity contribution in [1.82, 2.24) is 0 Å². The highest BCUT2D eigenvalue weighted by Gasteiger charge is 2.41. The molecule has 16 heavy (non-hydrogen) atoms. The fraction of sp³-hybridized carbons (Fsp3) is 0.300. The molecule has 0 aliphatic rings. The SMILES string of the molecule is C[C](C)c1cccc([N+](=O)[O-])c1C(F)(F)F. The minimum absolute atomic E-state index is 0.137. The van der Waals surface area contributed by atoms with E-state index in [0.29, 0.717) is 5.92 Å². The second kappa shape index (κ2) is 4.11. The molecule has 0 fully saturated rings. The maximum absolute atomic E-state index is 12.7. The monoisotopic (exact) mass is 232 g/mol. The van der Waals surface area contributed by atoms with Gasteiger partial charge in [-0.2, -0.15) is 13.2 Å². The molecule has 1 rings (SSSR count). The van der Waals surface area contributed by atoms with Gasteiger partial charge in [0.05, 0.1) is 4.92 Å². The highest BCUT2D eigenvalue weighted by atomic mass is 19.4. The van der Waals surface area contributed by atoms with Crippen LogP contribution in [0.5, 0.6) is 0 Å². The van der Waals surface area contributed by atoms with Gasteiger partial charge in [-0.05, 0) is 11.5 Å². The zero-order valence-corrected chi connectivity index (χ0v) is 8.63. The molecular formula is C10H9F3NO2. The van der Waals surface area contributed by atoms with Crippen molar-refractivity contribution in [3.63, 3.8) is 0 Å². The highest BCUT2D eigenvalue weighted by Crippen LogP contribution is 2.40. The Hall–Kier alpha value is -1.59. The van der Waals surface area contributed by atoms with Gasteiger partial charge >= 0.3 is 6.18 Å². The quantitative estimate of drug-likeness (QED) is 0.577. The number of nitro groups is 1. The van der Waals surface area contributed by atoms with Crippen molar-refractivity contribution in [2.24, 2.45) is 0 Å². The summed E-state index contributed by atoms with van der Waals surface area (Å²) >= 11 is 0. The molecule has 3 nitrogen and oxygen atoms in total. The smallest absolute Gasteiger partial charge is 0.258 e. The Kier molecular flexibility index (Phi) is 3.21. The molecule has 0 saturated heterocycles. The maximum atomic E-state index is 12.7. The summed E-state index contributed by atoms with van der Waals surface area (Å²) in [5.41, 5.74) is -2.23. The van der Waals surface area contributed by atoms with E-state index in [1.807, 2.05) is 0 Å². The van der Waals surface area contributed by atoms with Crippen molar-refractivity contribution >= 4 is 5.69 Å². The van der Waals surface area contributed by atoms with Crippen LogP contribution in [-0.4, -0.2) is 4.92 Å². The third-order valence-corrected chi connectivity index (χ3v) is 2.06. The lowest BCUT2D eigenvalue weighted by molar-refractivity contribution is -0.388. The van der Waals surface area contributed by atoms with Crippen molar-refractivity contribution < 1.29 is 18.1 Å². The Bertz CT molecular complexity index is 413. The van der Waals surface area contributed by atoms with E-state index in [9.17, 15) is 23.3 Å². The molecule has 0 amide bonds. The highest BCUT2D eigenvalue weighted by molar-refractivity contribution is 5.51. The van der Waals surface area contributed by atoms with Crippen LogP contribution in [0.1, 0.15) is 25.0 Å². The molecule has 0 aliphatic heterocycles. The van der Waals surface area contributed by atoms with Gasteiger partial charge in [-0.1, -0.05) is 26.0 Å². The first-order valence-electron chi connectivity index (χ1n) is 4.40. The molecule has 0 N–H and O–H groups in total. The average molecular weight is 232 g/mol. The summed E-state index contributed by atoms with van der Waals surface area (Å²) in [5.74, 6) is 0.385. The maximum Gasteiger partial charge on any atom is 0.423 e. The molecule has 0 aromatic heterocycles. The number of nitrogens with zero attached hydrogens (tertiary/aromatic N) is 1. The van der Waals surface area contributed by atoms with E-state index in [0.717, 1.165) is 6.07 Å². The number of alkyl halides is 3. The first-order valence-corrected chi connectivity index (χ1v) is 4.40. The Morgan fingerprint density at radius 2 is 1.88 bits per heavy atom. The molecule has 1 radical (unpaired) electrons. The lowest BCUT2D eigenvalue weighted by atomic mass is 9.95. The van der Waals surface area contributed by atoms with Crippen LogP contribution < -0.4 is 0 Å².